The van der Waals surface area contributed by atoms with Crippen LogP contribution in [0.1, 0.15) is 11.1 Å². The van der Waals surface area contributed by atoms with Crippen LogP contribution in [0.25, 0.3) is 0 Å². The molecule has 2 aromatic rings. The van der Waals surface area contributed by atoms with Gasteiger partial charge in [-0.2, -0.15) is 0 Å². The van der Waals surface area contributed by atoms with Crippen molar-refractivity contribution in [1.82, 2.24) is 0 Å². The molecule has 0 aliphatic heterocycles. The lowest BCUT2D eigenvalue weighted by molar-refractivity contribution is -0.313. The molecule has 2 aromatic carbocycles. The van der Waals surface area contributed by atoms with E-state index in [-0.39, 0.29) is 24.7 Å². The third kappa shape index (κ3) is 3.48. The van der Waals surface area contributed by atoms with Crippen LogP contribution in [-0.4, -0.2) is 10.2 Å². The molecule has 0 amide bonds. The highest BCUT2D eigenvalue weighted by molar-refractivity contribution is 5.30. The van der Waals surface area contributed by atoms with Crippen LogP contribution in [-0.2, 0) is 23.0 Å². The Bertz CT molecular complexity index is 493. The van der Waals surface area contributed by atoms with Gasteiger partial charge in [0, 0.05) is 5.56 Å². The van der Waals surface area contributed by atoms with Crippen LogP contribution in [0.2, 0.25) is 0 Å². The predicted octanol–water partition coefficient (Wildman–Crippen LogP) is 2.75. The lowest BCUT2D eigenvalue weighted by Gasteiger charge is -2.06. The first kappa shape index (κ1) is 12.4. The van der Waals surface area contributed by atoms with Crippen molar-refractivity contribution in [3.63, 3.8) is 0 Å². The van der Waals surface area contributed by atoms with Crippen LogP contribution in [0.5, 0.6) is 11.5 Å². The van der Waals surface area contributed by atoms with E-state index in [1.807, 2.05) is 6.07 Å². The molecule has 0 aromatic heterocycles. The van der Waals surface area contributed by atoms with Crippen LogP contribution in [0.3, 0.4) is 0 Å². The Morgan fingerprint density at radius 2 is 1.44 bits per heavy atom. The fourth-order valence-corrected chi connectivity index (χ4v) is 1.44. The predicted molar refractivity (Wildman–Crippen MR) is 65.8 cm³/mol. The Hall–Kier alpha value is -2.04. The molecule has 0 fully saturated rings. The Kier molecular flexibility index (Phi) is 4.17. The summed E-state index contributed by atoms with van der Waals surface area (Å²) in [6.45, 7) is 0.471. The van der Waals surface area contributed by atoms with Gasteiger partial charge in [-0.25, -0.2) is 9.78 Å². The number of phenols is 2. The lowest BCUT2D eigenvalue weighted by Crippen LogP contribution is -1.96. The van der Waals surface area contributed by atoms with Crippen LogP contribution in [0, 0.1) is 0 Å². The highest BCUT2D eigenvalue weighted by Crippen LogP contribution is 2.17. The van der Waals surface area contributed by atoms with Crippen molar-refractivity contribution in [1.29, 1.82) is 0 Å². The zero-order valence-corrected chi connectivity index (χ0v) is 9.74. The van der Waals surface area contributed by atoms with Crippen LogP contribution < -0.4 is 0 Å². The Balaban J connectivity index is 1.76. The molecule has 0 aliphatic carbocycles. The molecule has 0 saturated heterocycles. The van der Waals surface area contributed by atoms with Gasteiger partial charge >= 0.3 is 0 Å². The van der Waals surface area contributed by atoms with Gasteiger partial charge in [-0.15, -0.1) is 0 Å². The third-order valence-corrected chi connectivity index (χ3v) is 2.45. The summed E-state index contributed by atoms with van der Waals surface area (Å²) in [4.78, 5) is 10.0. The summed E-state index contributed by atoms with van der Waals surface area (Å²) < 4.78 is 0. The molecule has 0 saturated carbocycles. The quantitative estimate of drug-likeness (QED) is 0.484. The maximum Gasteiger partial charge on any atom is 0.121 e. The second kappa shape index (κ2) is 6.05. The smallest absolute Gasteiger partial charge is 0.121 e. The van der Waals surface area contributed by atoms with Gasteiger partial charge in [-0.05, 0) is 23.8 Å². The summed E-state index contributed by atoms with van der Waals surface area (Å²) in [7, 11) is 0. The molecule has 0 heterocycles. The van der Waals surface area contributed by atoms with Crippen molar-refractivity contribution < 1.29 is 20.0 Å². The maximum absolute atomic E-state index is 9.49. The summed E-state index contributed by atoms with van der Waals surface area (Å²) in [5.74, 6) is 0.402. The van der Waals surface area contributed by atoms with Gasteiger partial charge in [0.05, 0.1) is 0 Å². The average molecular weight is 246 g/mol. The Labute approximate surface area is 105 Å². The maximum atomic E-state index is 9.49. The molecular weight excluding hydrogens is 232 g/mol. The van der Waals surface area contributed by atoms with Gasteiger partial charge in [-0.1, -0.05) is 30.3 Å². The monoisotopic (exact) mass is 246 g/mol. The molecule has 4 nitrogen and oxygen atoms in total. The largest absolute Gasteiger partial charge is 0.508 e. The van der Waals surface area contributed by atoms with Crippen LogP contribution in [0.4, 0.5) is 0 Å². The molecular formula is C14H14O4. The van der Waals surface area contributed by atoms with E-state index in [0.29, 0.717) is 5.56 Å². The zero-order chi connectivity index (χ0) is 12.8. The van der Waals surface area contributed by atoms with E-state index in [1.54, 1.807) is 42.5 Å². The fourth-order valence-electron chi connectivity index (χ4n) is 1.44. The molecule has 0 aliphatic rings. The number of para-hydroxylation sites is 1. The number of phenolic OH excluding ortho intramolecular Hbond substituents is 2. The van der Waals surface area contributed by atoms with Crippen molar-refractivity contribution in [3.05, 3.63) is 59.7 Å². The Morgan fingerprint density at radius 1 is 0.778 bits per heavy atom. The molecule has 2 N–H and O–H groups in total. The van der Waals surface area contributed by atoms with Gasteiger partial charge < -0.3 is 10.2 Å². The van der Waals surface area contributed by atoms with Gasteiger partial charge in [0.15, 0.2) is 0 Å². The average Bonchev–Trinajstić information content (AvgIpc) is 2.39. The molecule has 0 bridgehead atoms. The molecule has 2 rings (SSSR count). The highest BCUT2D eigenvalue weighted by atomic mass is 17.2. The van der Waals surface area contributed by atoms with Crippen LogP contribution >= 0.6 is 0 Å². The minimum Gasteiger partial charge on any atom is -0.508 e. The second-order valence-electron chi connectivity index (χ2n) is 3.82. The van der Waals surface area contributed by atoms with Crippen molar-refractivity contribution in [2.75, 3.05) is 0 Å². The molecule has 0 radical (unpaired) electrons. The summed E-state index contributed by atoms with van der Waals surface area (Å²) in [5, 5.41) is 18.6. The number of aromatic hydroxyl groups is 2. The molecule has 0 atom stereocenters. The van der Waals surface area contributed by atoms with Crippen molar-refractivity contribution in [2.24, 2.45) is 0 Å². The Morgan fingerprint density at radius 3 is 2.17 bits per heavy atom. The van der Waals surface area contributed by atoms with Crippen molar-refractivity contribution in [2.45, 2.75) is 13.2 Å². The summed E-state index contributed by atoms with van der Waals surface area (Å²) in [6, 6.07) is 13.6. The number of rotatable bonds is 5. The first-order valence-corrected chi connectivity index (χ1v) is 5.55. The molecule has 0 spiro atoms. The summed E-state index contributed by atoms with van der Waals surface area (Å²) in [6.07, 6.45) is 0. The first-order valence-electron chi connectivity index (χ1n) is 5.55. The third-order valence-electron chi connectivity index (χ3n) is 2.45. The second-order valence-corrected chi connectivity index (χ2v) is 3.82. The normalized spacial score (nSPS) is 10.4. The van der Waals surface area contributed by atoms with Gasteiger partial charge in [0.1, 0.15) is 24.7 Å². The first-order chi connectivity index (χ1) is 8.75. The van der Waals surface area contributed by atoms with E-state index in [9.17, 15) is 5.11 Å². The number of benzene rings is 2. The zero-order valence-electron chi connectivity index (χ0n) is 9.74. The van der Waals surface area contributed by atoms with E-state index in [0.717, 1.165) is 5.56 Å². The fraction of sp³-hybridized carbons (Fsp3) is 0.143. The minimum absolute atomic E-state index is 0.185. The molecule has 4 heteroatoms. The van der Waals surface area contributed by atoms with Crippen molar-refractivity contribution in [3.8, 4) is 11.5 Å². The van der Waals surface area contributed by atoms with E-state index in [4.69, 9.17) is 14.9 Å². The SMILES string of the molecule is Oc1ccc(COOCc2ccccc2O)cc1. The lowest BCUT2D eigenvalue weighted by atomic mass is 10.2. The van der Waals surface area contributed by atoms with E-state index >= 15 is 0 Å². The topological polar surface area (TPSA) is 58.9 Å². The highest BCUT2D eigenvalue weighted by Gasteiger charge is 2.00. The number of hydrogen-bond acceptors (Lipinski definition) is 4. The minimum atomic E-state index is 0.185. The van der Waals surface area contributed by atoms with Gasteiger partial charge in [0.2, 0.25) is 0 Å². The van der Waals surface area contributed by atoms with E-state index in [1.165, 1.54) is 0 Å². The molecule has 18 heavy (non-hydrogen) atoms. The van der Waals surface area contributed by atoms with E-state index in [2.05, 4.69) is 0 Å². The van der Waals surface area contributed by atoms with Gasteiger partial charge in [0.25, 0.3) is 0 Å². The summed E-state index contributed by atoms with van der Waals surface area (Å²) in [5.41, 5.74) is 1.56. The van der Waals surface area contributed by atoms with Crippen molar-refractivity contribution >= 4 is 0 Å². The number of hydrogen-bond donors (Lipinski definition) is 2. The van der Waals surface area contributed by atoms with Gasteiger partial charge in [-0.3, -0.25) is 0 Å². The standard InChI is InChI=1S/C14H14O4/c15-13-7-5-11(6-8-13)9-17-18-10-12-3-1-2-4-14(12)16/h1-8,15-16H,9-10H2. The van der Waals surface area contributed by atoms with E-state index < -0.39 is 0 Å². The molecule has 0 unspecified atom stereocenters. The molecule has 94 valence electrons. The van der Waals surface area contributed by atoms with Crippen LogP contribution in [0.15, 0.2) is 48.5 Å². The summed E-state index contributed by atoms with van der Waals surface area (Å²) >= 11 is 0.